The lowest BCUT2D eigenvalue weighted by atomic mass is 10.1. The van der Waals surface area contributed by atoms with Crippen LogP contribution in [0.3, 0.4) is 0 Å². The van der Waals surface area contributed by atoms with Crippen LogP contribution in [0.1, 0.15) is 25.6 Å². The van der Waals surface area contributed by atoms with Gasteiger partial charge in [-0.15, -0.1) is 0 Å². The number of anilines is 1. The molecule has 1 aliphatic rings. The summed E-state index contributed by atoms with van der Waals surface area (Å²) in [5.41, 5.74) is 1.75. The van der Waals surface area contributed by atoms with Crippen molar-refractivity contribution in [3.05, 3.63) is 24.2 Å². The number of aryl methyl sites for hydroxylation is 1. The van der Waals surface area contributed by atoms with Crippen LogP contribution < -0.4 is 5.32 Å². The summed E-state index contributed by atoms with van der Waals surface area (Å²) < 4.78 is 27.1. The van der Waals surface area contributed by atoms with E-state index in [0.717, 1.165) is 30.0 Å². The lowest BCUT2D eigenvalue weighted by molar-refractivity contribution is 0.330. The lowest BCUT2D eigenvalue weighted by Gasteiger charge is -2.31. The summed E-state index contributed by atoms with van der Waals surface area (Å²) >= 11 is 0. The van der Waals surface area contributed by atoms with Crippen molar-refractivity contribution in [2.24, 2.45) is 0 Å². The molecule has 1 aliphatic heterocycles. The minimum Gasteiger partial charge on any atom is -0.379 e. The summed E-state index contributed by atoms with van der Waals surface area (Å²) in [5.74, 6) is 0.904. The lowest BCUT2D eigenvalue weighted by Crippen LogP contribution is -2.43. The van der Waals surface area contributed by atoms with Crippen LogP contribution in [0.4, 0.5) is 5.69 Å². The number of fused-ring (bicyclic) bond motifs is 1. The van der Waals surface area contributed by atoms with Gasteiger partial charge in [-0.1, -0.05) is 0 Å². The fraction of sp³-hybridized carbons (Fsp3) is 0.571. The molecule has 1 fully saturated rings. The Balaban J connectivity index is 1.70. The van der Waals surface area contributed by atoms with E-state index in [9.17, 15) is 8.42 Å². The fourth-order valence-electron chi connectivity index (χ4n) is 2.81. The Hall–Kier alpha value is -1.67. The summed E-state index contributed by atoms with van der Waals surface area (Å²) in [5, 5.41) is 7.78. The first kappa shape index (κ1) is 15.2. The topological polar surface area (TPSA) is 79.6 Å². The number of nitrogens with one attached hydrogen (secondary N) is 1. The number of sulfonamides is 1. The zero-order valence-electron chi connectivity index (χ0n) is 12.9. The van der Waals surface area contributed by atoms with Gasteiger partial charge in [0.15, 0.2) is 5.65 Å². The number of aromatic nitrogens is 3. The highest BCUT2D eigenvalue weighted by molar-refractivity contribution is 7.89. The van der Waals surface area contributed by atoms with E-state index in [1.807, 2.05) is 25.3 Å². The Labute approximate surface area is 130 Å². The molecule has 0 aromatic carbocycles. The Morgan fingerprint density at radius 2 is 2.09 bits per heavy atom. The minimum atomic E-state index is -3.07. The van der Waals surface area contributed by atoms with Crippen LogP contribution in [0.25, 0.3) is 5.65 Å². The van der Waals surface area contributed by atoms with Gasteiger partial charge >= 0.3 is 0 Å². The Bertz CT molecular complexity index is 763. The summed E-state index contributed by atoms with van der Waals surface area (Å²) in [4.78, 5) is 4.43. The maximum absolute atomic E-state index is 11.9. The van der Waals surface area contributed by atoms with Gasteiger partial charge < -0.3 is 5.32 Å². The summed E-state index contributed by atoms with van der Waals surface area (Å²) in [6.45, 7) is 4.70. The third-order valence-corrected chi connectivity index (χ3v) is 5.92. The number of hydrogen-bond acceptors (Lipinski definition) is 5. The zero-order chi connectivity index (χ0) is 15.7. The van der Waals surface area contributed by atoms with E-state index >= 15 is 0 Å². The average molecular weight is 323 g/mol. The van der Waals surface area contributed by atoms with Crippen LogP contribution in [-0.2, 0) is 10.0 Å². The van der Waals surface area contributed by atoms with Gasteiger partial charge in [-0.2, -0.15) is 5.10 Å². The standard InChI is InChI=1S/C14H21N5O2S/c1-3-22(20,21)18-9-6-12(7-10-18)16-13-5-4-8-19-14(13)15-11(2)17-19/h4-5,8,12,16H,3,6-7,9-10H2,1-2H3. The van der Waals surface area contributed by atoms with E-state index < -0.39 is 10.0 Å². The Morgan fingerprint density at radius 1 is 1.36 bits per heavy atom. The van der Waals surface area contributed by atoms with Crippen molar-refractivity contribution in [1.82, 2.24) is 18.9 Å². The normalized spacial score (nSPS) is 17.9. The first-order chi connectivity index (χ1) is 10.5. The zero-order valence-corrected chi connectivity index (χ0v) is 13.7. The molecule has 3 heterocycles. The van der Waals surface area contributed by atoms with Crippen molar-refractivity contribution in [1.29, 1.82) is 0 Å². The van der Waals surface area contributed by atoms with Crippen LogP contribution in [0.2, 0.25) is 0 Å². The van der Waals surface area contributed by atoms with Crippen molar-refractivity contribution in [2.45, 2.75) is 32.7 Å². The molecule has 1 N–H and O–H groups in total. The molecule has 0 atom stereocenters. The van der Waals surface area contributed by atoms with Crippen molar-refractivity contribution in [3.63, 3.8) is 0 Å². The summed E-state index contributed by atoms with van der Waals surface area (Å²) in [6.07, 6.45) is 3.47. The number of hydrogen-bond donors (Lipinski definition) is 1. The molecule has 0 spiro atoms. The van der Waals surface area contributed by atoms with Gasteiger partial charge in [-0.25, -0.2) is 22.2 Å². The molecule has 0 bridgehead atoms. The highest BCUT2D eigenvalue weighted by Gasteiger charge is 2.26. The van der Waals surface area contributed by atoms with Gasteiger partial charge in [0.1, 0.15) is 5.82 Å². The molecule has 1 saturated heterocycles. The molecule has 0 saturated carbocycles. The van der Waals surface area contributed by atoms with Gasteiger partial charge in [-0.05, 0) is 38.8 Å². The summed E-state index contributed by atoms with van der Waals surface area (Å²) in [6, 6.07) is 4.17. The van der Waals surface area contributed by atoms with E-state index in [-0.39, 0.29) is 11.8 Å². The molecular formula is C14H21N5O2S. The molecule has 3 rings (SSSR count). The van der Waals surface area contributed by atoms with Crippen molar-refractivity contribution >= 4 is 21.4 Å². The van der Waals surface area contributed by atoms with Crippen LogP contribution in [0.15, 0.2) is 18.3 Å². The minimum absolute atomic E-state index is 0.170. The van der Waals surface area contributed by atoms with E-state index in [0.29, 0.717) is 13.1 Å². The highest BCUT2D eigenvalue weighted by Crippen LogP contribution is 2.21. The third-order valence-electron chi connectivity index (χ3n) is 4.04. The van der Waals surface area contributed by atoms with E-state index in [2.05, 4.69) is 15.4 Å². The van der Waals surface area contributed by atoms with Gasteiger partial charge in [0.2, 0.25) is 10.0 Å². The van der Waals surface area contributed by atoms with Gasteiger partial charge in [0.05, 0.1) is 11.4 Å². The quantitative estimate of drug-likeness (QED) is 0.916. The monoisotopic (exact) mass is 323 g/mol. The number of piperidine rings is 1. The second kappa shape index (κ2) is 5.85. The predicted molar refractivity (Wildman–Crippen MR) is 85.4 cm³/mol. The molecule has 7 nitrogen and oxygen atoms in total. The molecule has 2 aromatic heterocycles. The van der Waals surface area contributed by atoms with E-state index in [4.69, 9.17) is 0 Å². The number of nitrogens with zero attached hydrogens (tertiary/aromatic N) is 4. The van der Waals surface area contributed by atoms with Crippen LogP contribution in [-0.4, -0.2) is 52.2 Å². The van der Waals surface area contributed by atoms with Crippen LogP contribution in [0, 0.1) is 6.92 Å². The molecule has 120 valence electrons. The molecule has 2 aromatic rings. The van der Waals surface area contributed by atoms with Crippen molar-refractivity contribution in [2.75, 3.05) is 24.2 Å². The molecule has 0 radical (unpaired) electrons. The van der Waals surface area contributed by atoms with Crippen LogP contribution >= 0.6 is 0 Å². The molecule has 0 unspecified atom stereocenters. The van der Waals surface area contributed by atoms with Gasteiger partial charge in [0.25, 0.3) is 0 Å². The van der Waals surface area contributed by atoms with Gasteiger partial charge in [0, 0.05) is 25.3 Å². The highest BCUT2D eigenvalue weighted by atomic mass is 32.2. The first-order valence-corrected chi connectivity index (χ1v) is 9.17. The maximum Gasteiger partial charge on any atom is 0.213 e. The largest absolute Gasteiger partial charge is 0.379 e. The Morgan fingerprint density at radius 3 is 2.77 bits per heavy atom. The van der Waals surface area contributed by atoms with Gasteiger partial charge in [-0.3, -0.25) is 0 Å². The molecule has 0 amide bonds. The maximum atomic E-state index is 11.9. The molecule has 8 heteroatoms. The smallest absolute Gasteiger partial charge is 0.213 e. The first-order valence-electron chi connectivity index (χ1n) is 7.56. The third kappa shape index (κ3) is 2.93. The average Bonchev–Trinajstić information content (AvgIpc) is 2.89. The molecule has 22 heavy (non-hydrogen) atoms. The SMILES string of the molecule is CCS(=O)(=O)N1CCC(Nc2cccn3nc(C)nc23)CC1. The predicted octanol–water partition coefficient (Wildman–Crippen LogP) is 1.26. The van der Waals surface area contributed by atoms with Crippen LogP contribution in [0.5, 0.6) is 0 Å². The van der Waals surface area contributed by atoms with Crippen molar-refractivity contribution in [3.8, 4) is 0 Å². The fourth-order valence-corrected chi connectivity index (χ4v) is 3.94. The Kier molecular flexibility index (Phi) is 4.05. The summed E-state index contributed by atoms with van der Waals surface area (Å²) in [7, 11) is -3.07. The second-order valence-corrected chi connectivity index (χ2v) is 7.82. The van der Waals surface area contributed by atoms with E-state index in [1.165, 1.54) is 0 Å². The van der Waals surface area contributed by atoms with E-state index in [1.54, 1.807) is 15.7 Å². The number of pyridine rings is 1. The molecular weight excluding hydrogens is 302 g/mol. The second-order valence-electron chi connectivity index (χ2n) is 5.57. The molecule has 0 aliphatic carbocycles. The van der Waals surface area contributed by atoms with Crippen molar-refractivity contribution < 1.29 is 8.42 Å². The number of rotatable bonds is 4.